The third kappa shape index (κ3) is 1.46. The number of allylic oxidation sites excluding steroid dienone is 1. The Morgan fingerprint density at radius 3 is 2.41 bits per heavy atom. The molecule has 1 aliphatic carbocycles. The van der Waals surface area contributed by atoms with Crippen molar-refractivity contribution in [2.75, 3.05) is 0 Å². The van der Waals surface area contributed by atoms with E-state index in [2.05, 4.69) is 0 Å². The highest BCUT2D eigenvalue weighted by Crippen LogP contribution is 2.36. The number of benzene rings is 2. The van der Waals surface area contributed by atoms with E-state index in [9.17, 15) is 9.90 Å². The van der Waals surface area contributed by atoms with Crippen molar-refractivity contribution in [2.45, 2.75) is 0 Å². The Bertz CT molecular complexity index is 625. The Labute approximate surface area is 98.8 Å². The van der Waals surface area contributed by atoms with Crippen molar-refractivity contribution in [3.8, 4) is 5.75 Å². The predicted octanol–water partition coefficient (Wildman–Crippen LogP) is 3.02. The molecule has 0 saturated heterocycles. The van der Waals surface area contributed by atoms with Gasteiger partial charge in [0.1, 0.15) is 5.75 Å². The molecule has 0 bridgehead atoms. The number of carbonyl (C=O) groups is 1. The Kier molecular flexibility index (Phi) is 2.08. The molecule has 0 unspecified atom stereocenters. The van der Waals surface area contributed by atoms with Crippen LogP contribution in [0, 0.1) is 0 Å². The number of carbonyl (C=O) groups excluding carboxylic acids is 1. The molecule has 0 aromatic heterocycles. The topological polar surface area (TPSA) is 37.3 Å². The van der Waals surface area contributed by atoms with Gasteiger partial charge in [0.15, 0.2) is 5.78 Å². The first-order valence-corrected chi connectivity index (χ1v) is 5.41. The van der Waals surface area contributed by atoms with Gasteiger partial charge in [-0.2, -0.15) is 0 Å². The molecule has 0 saturated carbocycles. The van der Waals surface area contributed by atoms with Gasteiger partial charge in [0.25, 0.3) is 0 Å². The van der Waals surface area contributed by atoms with Crippen molar-refractivity contribution < 1.29 is 9.90 Å². The van der Waals surface area contributed by atoms with Crippen LogP contribution < -0.4 is 0 Å². The molecule has 0 fully saturated rings. The molecule has 0 amide bonds. The number of phenols is 1. The average molecular weight is 222 g/mol. The van der Waals surface area contributed by atoms with Crippen LogP contribution in [0.2, 0.25) is 0 Å². The summed E-state index contributed by atoms with van der Waals surface area (Å²) in [5.41, 5.74) is 3.08. The molecule has 2 heteroatoms. The van der Waals surface area contributed by atoms with Gasteiger partial charge in [0.05, 0.1) is 5.56 Å². The number of phenolic OH excluding ortho intramolecular Hbond substituents is 1. The van der Waals surface area contributed by atoms with Crippen molar-refractivity contribution >= 4 is 11.4 Å². The molecule has 2 nitrogen and oxygen atoms in total. The van der Waals surface area contributed by atoms with Crippen molar-refractivity contribution in [2.24, 2.45) is 0 Å². The van der Waals surface area contributed by atoms with E-state index < -0.39 is 0 Å². The van der Waals surface area contributed by atoms with Crippen LogP contribution >= 0.6 is 0 Å². The van der Waals surface area contributed by atoms with E-state index in [4.69, 9.17) is 0 Å². The van der Waals surface area contributed by atoms with E-state index >= 15 is 0 Å². The van der Waals surface area contributed by atoms with Gasteiger partial charge in [0, 0.05) is 0 Å². The summed E-state index contributed by atoms with van der Waals surface area (Å²) in [5, 5.41) is 9.71. The minimum Gasteiger partial charge on any atom is -0.507 e. The van der Waals surface area contributed by atoms with E-state index in [1.807, 2.05) is 36.4 Å². The van der Waals surface area contributed by atoms with E-state index in [-0.39, 0.29) is 11.5 Å². The van der Waals surface area contributed by atoms with Gasteiger partial charge in [-0.05, 0) is 28.8 Å². The van der Waals surface area contributed by atoms with Gasteiger partial charge >= 0.3 is 0 Å². The third-order valence-electron chi connectivity index (χ3n) is 2.94. The fourth-order valence-electron chi connectivity index (χ4n) is 2.16. The van der Waals surface area contributed by atoms with Crippen molar-refractivity contribution in [1.82, 2.24) is 0 Å². The van der Waals surface area contributed by atoms with Gasteiger partial charge in [-0.15, -0.1) is 0 Å². The number of hydrogen-bond donors (Lipinski definition) is 1. The minimum atomic E-state index is -0.128. The van der Waals surface area contributed by atoms with Crippen LogP contribution in [0.1, 0.15) is 21.5 Å². The summed E-state index contributed by atoms with van der Waals surface area (Å²) >= 11 is 0. The number of fused-ring (bicyclic) bond motifs is 1. The summed E-state index contributed by atoms with van der Waals surface area (Å²) in [7, 11) is 0. The molecule has 3 rings (SSSR count). The van der Waals surface area contributed by atoms with Crippen LogP contribution in [0.25, 0.3) is 5.57 Å². The smallest absolute Gasteiger partial charge is 0.190 e. The molecule has 0 heterocycles. The first kappa shape index (κ1) is 9.85. The molecular formula is C15H10O2. The van der Waals surface area contributed by atoms with E-state index in [1.165, 1.54) is 0 Å². The molecule has 17 heavy (non-hydrogen) atoms. The standard InChI is InChI=1S/C15H10O2/c16-13-8-4-7-11-12(9-14(17)15(11)13)10-5-2-1-3-6-10/h1-9,16H. The minimum absolute atomic E-state index is 0.0506. The SMILES string of the molecule is O=C1C=C(c2ccccc2)c2cccc(O)c21. The van der Waals surface area contributed by atoms with Gasteiger partial charge in [-0.25, -0.2) is 0 Å². The first-order valence-electron chi connectivity index (χ1n) is 5.41. The second-order valence-electron chi connectivity index (χ2n) is 3.99. The van der Waals surface area contributed by atoms with Gasteiger partial charge < -0.3 is 5.11 Å². The monoisotopic (exact) mass is 222 g/mol. The maximum absolute atomic E-state index is 11.8. The van der Waals surface area contributed by atoms with Crippen LogP contribution in [0.4, 0.5) is 0 Å². The van der Waals surface area contributed by atoms with Crippen LogP contribution in [0.5, 0.6) is 5.75 Å². The summed E-state index contributed by atoms with van der Waals surface area (Å²) in [6.45, 7) is 0. The molecule has 0 spiro atoms. The summed E-state index contributed by atoms with van der Waals surface area (Å²) in [4.78, 5) is 11.8. The maximum Gasteiger partial charge on any atom is 0.190 e. The Balaban J connectivity index is 2.22. The lowest BCUT2D eigenvalue weighted by Crippen LogP contribution is -1.92. The van der Waals surface area contributed by atoms with Gasteiger partial charge in [-0.1, -0.05) is 42.5 Å². The largest absolute Gasteiger partial charge is 0.507 e. The van der Waals surface area contributed by atoms with E-state index in [0.29, 0.717) is 5.56 Å². The highest BCUT2D eigenvalue weighted by molar-refractivity contribution is 6.20. The lowest BCUT2D eigenvalue weighted by Gasteiger charge is -2.05. The first-order chi connectivity index (χ1) is 8.27. The molecule has 0 atom stereocenters. The fourth-order valence-corrected chi connectivity index (χ4v) is 2.16. The average Bonchev–Trinajstić information content (AvgIpc) is 2.69. The van der Waals surface area contributed by atoms with Crippen LogP contribution in [0.15, 0.2) is 54.6 Å². The van der Waals surface area contributed by atoms with Crippen molar-refractivity contribution in [3.63, 3.8) is 0 Å². The van der Waals surface area contributed by atoms with Crippen LogP contribution in [-0.2, 0) is 0 Å². The molecule has 2 aromatic rings. The summed E-state index contributed by atoms with van der Waals surface area (Å²) in [6.07, 6.45) is 1.58. The molecule has 0 aliphatic heterocycles. The molecule has 1 N–H and O–H groups in total. The molecule has 0 radical (unpaired) electrons. The number of rotatable bonds is 1. The maximum atomic E-state index is 11.8. The zero-order valence-corrected chi connectivity index (χ0v) is 9.05. The lowest BCUT2D eigenvalue weighted by atomic mass is 9.99. The molecule has 2 aromatic carbocycles. The van der Waals surface area contributed by atoms with Crippen molar-refractivity contribution in [3.05, 3.63) is 71.3 Å². The zero-order chi connectivity index (χ0) is 11.8. The second-order valence-corrected chi connectivity index (χ2v) is 3.99. The molecule has 1 aliphatic rings. The summed E-state index contributed by atoms with van der Waals surface area (Å²) in [5.74, 6) is -0.0772. The van der Waals surface area contributed by atoms with Crippen LogP contribution in [0.3, 0.4) is 0 Å². The Morgan fingerprint density at radius 2 is 1.65 bits per heavy atom. The lowest BCUT2D eigenvalue weighted by molar-refractivity contribution is 0.104. The molecule has 82 valence electrons. The van der Waals surface area contributed by atoms with Crippen LogP contribution in [-0.4, -0.2) is 10.9 Å². The van der Waals surface area contributed by atoms with E-state index in [0.717, 1.165) is 16.7 Å². The Hall–Kier alpha value is -2.35. The second kappa shape index (κ2) is 3.59. The number of ketones is 1. The van der Waals surface area contributed by atoms with Gasteiger partial charge in [0.2, 0.25) is 0 Å². The fraction of sp³-hybridized carbons (Fsp3) is 0. The van der Waals surface area contributed by atoms with E-state index in [1.54, 1.807) is 18.2 Å². The normalized spacial score (nSPS) is 13.4. The quantitative estimate of drug-likeness (QED) is 0.805. The highest BCUT2D eigenvalue weighted by atomic mass is 16.3. The zero-order valence-electron chi connectivity index (χ0n) is 9.05. The summed E-state index contributed by atoms with van der Waals surface area (Å²) in [6, 6.07) is 14.9. The number of aromatic hydroxyl groups is 1. The third-order valence-corrected chi connectivity index (χ3v) is 2.94. The molecular weight excluding hydrogens is 212 g/mol. The number of hydrogen-bond acceptors (Lipinski definition) is 2. The summed E-state index contributed by atoms with van der Waals surface area (Å²) < 4.78 is 0. The van der Waals surface area contributed by atoms with Crippen molar-refractivity contribution in [1.29, 1.82) is 0 Å². The highest BCUT2D eigenvalue weighted by Gasteiger charge is 2.24. The Morgan fingerprint density at radius 1 is 0.882 bits per heavy atom. The van der Waals surface area contributed by atoms with Gasteiger partial charge in [-0.3, -0.25) is 4.79 Å². The predicted molar refractivity (Wildman–Crippen MR) is 66.0 cm³/mol.